The molecule has 0 radical (unpaired) electrons. The summed E-state index contributed by atoms with van der Waals surface area (Å²) in [5, 5.41) is 1.29. The maximum atomic E-state index is 12.5. The Balaban J connectivity index is 1.13. The Morgan fingerprint density at radius 2 is 1.88 bits per heavy atom. The Kier molecular flexibility index (Phi) is 4.77. The molecule has 5 nitrogen and oxygen atoms in total. The second-order valence-corrected chi connectivity index (χ2v) is 10.9. The lowest BCUT2D eigenvalue weighted by atomic mass is 9.76. The van der Waals surface area contributed by atoms with Crippen molar-refractivity contribution in [3.05, 3.63) is 53.1 Å². The zero-order chi connectivity index (χ0) is 21.9. The van der Waals surface area contributed by atoms with Crippen molar-refractivity contribution < 1.29 is 4.79 Å². The van der Waals surface area contributed by atoms with E-state index in [9.17, 15) is 4.79 Å². The van der Waals surface area contributed by atoms with E-state index >= 15 is 0 Å². The molecule has 0 N–H and O–H groups in total. The van der Waals surface area contributed by atoms with Crippen LogP contribution in [-0.2, 0) is 23.1 Å². The van der Waals surface area contributed by atoms with Crippen LogP contribution in [-0.4, -0.2) is 54.4 Å². The van der Waals surface area contributed by atoms with Crippen LogP contribution in [0.15, 0.2) is 36.4 Å². The number of hydrogen-bond donors (Lipinski definition) is 0. The highest BCUT2D eigenvalue weighted by Crippen LogP contribution is 2.45. The molecule has 0 bridgehead atoms. The van der Waals surface area contributed by atoms with Crippen LogP contribution in [0.2, 0.25) is 0 Å². The molecule has 32 heavy (non-hydrogen) atoms. The number of rotatable bonds is 4. The molecular formula is C26H30N4OS. The summed E-state index contributed by atoms with van der Waals surface area (Å²) in [7, 11) is 0. The number of hydrogen-bond acceptors (Lipinski definition) is 5. The van der Waals surface area contributed by atoms with Gasteiger partial charge in [-0.3, -0.25) is 9.69 Å². The Morgan fingerprint density at radius 1 is 1.06 bits per heavy atom. The molecular weight excluding hydrogens is 416 g/mol. The van der Waals surface area contributed by atoms with Gasteiger partial charge in [-0.05, 0) is 53.2 Å². The van der Waals surface area contributed by atoms with Crippen molar-refractivity contribution in [2.24, 2.45) is 0 Å². The summed E-state index contributed by atoms with van der Waals surface area (Å²) in [6.45, 7) is 10.6. The number of aromatic nitrogens is 1. The third kappa shape index (κ3) is 3.32. The van der Waals surface area contributed by atoms with E-state index < -0.39 is 0 Å². The Bertz CT molecular complexity index is 1190. The second kappa shape index (κ2) is 7.56. The fourth-order valence-corrected chi connectivity index (χ4v) is 6.46. The quantitative estimate of drug-likeness (QED) is 0.601. The lowest BCUT2D eigenvalue weighted by Gasteiger charge is -2.37. The minimum Gasteiger partial charge on any atom is -0.353 e. The number of nitrogens with zero attached hydrogens (tertiary/aromatic N) is 4. The highest BCUT2D eigenvalue weighted by Gasteiger charge is 2.40. The van der Waals surface area contributed by atoms with Gasteiger partial charge in [-0.2, -0.15) is 4.37 Å². The average Bonchev–Trinajstić information content (AvgIpc) is 3.41. The van der Waals surface area contributed by atoms with Crippen LogP contribution in [0.4, 0.5) is 11.5 Å². The minimum atomic E-state index is -0.0695. The predicted octanol–water partition coefficient (Wildman–Crippen LogP) is 4.23. The van der Waals surface area contributed by atoms with E-state index in [1.54, 1.807) is 11.5 Å². The van der Waals surface area contributed by atoms with Crippen LogP contribution >= 0.6 is 11.5 Å². The number of piperazine rings is 1. The SMILES string of the molecule is CC1(C)CC(=O)N2CCc3cc(CCN4CCN(c5nsc6ccccc56)CC4)cc1c32. The van der Waals surface area contributed by atoms with Crippen molar-refractivity contribution in [1.29, 1.82) is 0 Å². The van der Waals surface area contributed by atoms with Gasteiger partial charge >= 0.3 is 0 Å². The van der Waals surface area contributed by atoms with Gasteiger partial charge in [-0.1, -0.05) is 38.1 Å². The van der Waals surface area contributed by atoms with E-state index in [0.717, 1.165) is 57.9 Å². The van der Waals surface area contributed by atoms with Gasteiger partial charge in [0.05, 0.1) is 10.4 Å². The van der Waals surface area contributed by atoms with Gasteiger partial charge in [0.2, 0.25) is 5.91 Å². The van der Waals surface area contributed by atoms with E-state index in [2.05, 4.69) is 60.0 Å². The van der Waals surface area contributed by atoms with Crippen molar-refractivity contribution in [1.82, 2.24) is 9.27 Å². The van der Waals surface area contributed by atoms with Crippen molar-refractivity contribution in [2.75, 3.05) is 49.1 Å². The van der Waals surface area contributed by atoms with Gasteiger partial charge < -0.3 is 9.80 Å². The van der Waals surface area contributed by atoms with E-state index in [0.29, 0.717) is 12.3 Å². The molecule has 166 valence electrons. The van der Waals surface area contributed by atoms with Gasteiger partial charge in [-0.25, -0.2) is 0 Å². The molecule has 3 aliphatic heterocycles. The zero-order valence-electron chi connectivity index (χ0n) is 18.9. The zero-order valence-corrected chi connectivity index (χ0v) is 19.7. The number of carbonyl (C=O) groups is 1. The molecule has 6 rings (SSSR count). The molecule has 0 saturated carbocycles. The molecule has 1 saturated heterocycles. The van der Waals surface area contributed by atoms with Crippen LogP contribution in [0, 0.1) is 0 Å². The number of fused-ring (bicyclic) bond motifs is 1. The van der Waals surface area contributed by atoms with E-state index in [-0.39, 0.29) is 5.41 Å². The van der Waals surface area contributed by atoms with E-state index in [4.69, 9.17) is 4.37 Å². The topological polar surface area (TPSA) is 39.7 Å². The fraction of sp³-hybridized carbons (Fsp3) is 0.462. The number of carbonyl (C=O) groups excluding carboxylic acids is 1. The fourth-order valence-electron chi connectivity index (χ4n) is 5.66. The van der Waals surface area contributed by atoms with Crippen LogP contribution < -0.4 is 9.80 Å². The van der Waals surface area contributed by atoms with Crippen LogP contribution in [0.1, 0.15) is 37.0 Å². The first-order valence-electron chi connectivity index (χ1n) is 11.8. The number of anilines is 2. The molecule has 6 heteroatoms. The molecule has 1 aromatic heterocycles. The molecule has 4 heterocycles. The lowest BCUT2D eigenvalue weighted by Crippen LogP contribution is -2.47. The van der Waals surface area contributed by atoms with E-state index in [1.807, 2.05) is 4.90 Å². The smallest absolute Gasteiger partial charge is 0.227 e. The molecule has 1 amide bonds. The minimum absolute atomic E-state index is 0.0695. The molecule has 2 aromatic carbocycles. The Labute approximate surface area is 193 Å². The number of amides is 1. The van der Waals surface area contributed by atoms with Crippen molar-refractivity contribution in [3.8, 4) is 0 Å². The molecule has 3 aliphatic rings. The third-order valence-corrected chi connectivity index (χ3v) is 8.31. The first-order chi connectivity index (χ1) is 15.5. The van der Waals surface area contributed by atoms with Gasteiger partial charge in [-0.15, -0.1) is 0 Å². The average molecular weight is 447 g/mol. The summed E-state index contributed by atoms with van der Waals surface area (Å²) in [6.07, 6.45) is 2.69. The van der Waals surface area contributed by atoms with Gasteiger partial charge in [0.1, 0.15) is 5.82 Å². The molecule has 0 aliphatic carbocycles. The van der Waals surface area contributed by atoms with Gasteiger partial charge in [0.15, 0.2) is 0 Å². The summed E-state index contributed by atoms with van der Waals surface area (Å²) < 4.78 is 6.01. The summed E-state index contributed by atoms with van der Waals surface area (Å²) in [5.41, 5.74) is 5.33. The Hall–Kier alpha value is -2.44. The third-order valence-electron chi connectivity index (χ3n) is 7.49. The van der Waals surface area contributed by atoms with Crippen molar-refractivity contribution in [3.63, 3.8) is 0 Å². The lowest BCUT2D eigenvalue weighted by molar-refractivity contribution is -0.120. The molecule has 0 unspecified atom stereocenters. The summed E-state index contributed by atoms with van der Waals surface area (Å²) in [6, 6.07) is 13.3. The maximum Gasteiger partial charge on any atom is 0.227 e. The maximum absolute atomic E-state index is 12.5. The molecule has 0 spiro atoms. The second-order valence-electron chi connectivity index (χ2n) is 10.1. The summed E-state index contributed by atoms with van der Waals surface area (Å²) in [5.74, 6) is 1.45. The van der Waals surface area contributed by atoms with Crippen LogP contribution in [0.25, 0.3) is 10.1 Å². The molecule has 1 fully saturated rings. The first kappa shape index (κ1) is 20.2. The summed E-state index contributed by atoms with van der Waals surface area (Å²) in [4.78, 5) is 19.6. The molecule has 3 aromatic rings. The van der Waals surface area contributed by atoms with Gasteiger partial charge in [0, 0.05) is 56.5 Å². The highest BCUT2D eigenvalue weighted by atomic mass is 32.1. The molecule has 0 atom stereocenters. The largest absolute Gasteiger partial charge is 0.353 e. The first-order valence-corrected chi connectivity index (χ1v) is 12.6. The Morgan fingerprint density at radius 3 is 2.72 bits per heavy atom. The highest BCUT2D eigenvalue weighted by molar-refractivity contribution is 7.13. The normalized spacial score (nSPS) is 20.2. The van der Waals surface area contributed by atoms with Crippen LogP contribution in [0.5, 0.6) is 0 Å². The summed E-state index contributed by atoms with van der Waals surface area (Å²) >= 11 is 1.60. The van der Waals surface area contributed by atoms with Crippen molar-refractivity contribution in [2.45, 2.75) is 38.5 Å². The van der Waals surface area contributed by atoms with Crippen molar-refractivity contribution >= 4 is 39.0 Å². The van der Waals surface area contributed by atoms with Crippen LogP contribution in [0.3, 0.4) is 0 Å². The van der Waals surface area contributed by atoms with Gasteiger partial charge in [0.25, 0.3) is 0 Å². The number of benzene rings is 2. The standard InChI is InChI=1S/C26H30N4OS/c1-26(2)17-23(31)30-10-8-19-15-18(16-21(26)24(19)30)7-9-28-11-13-29(14-12-28)25-20-5-3-4-6-22(20)32-27-25/h3-6,15-16H,7-14,17H2,1-2H3. The monoisotopic (exact) mass is 446 g/mol. The predicted molar refractivity (Wildman–Crippen MR) is 132 cm³/mol. The van der Waals surface area contributed by atoms with E-state index in [1.165, 1.54) is 32.5 Å².